The van der Waals surface area contributed by atoms with Crippen LogP contribution in [0.1, 0.15) is 64.7 Å². The van der Waals surface area contributed by atoms with E-state index in [-0.39, 0.29) is 24.5 Å². The van der Waals surface area contributed by atoms with Gasteiger partial charge in [-0.1, -0.05) is 51.9 Å². The molecule has 1 aliphatic rings. The molecule has 1 aliphatic heterocycles. The summed E-state index contributed by atoms with van der Waals surface area (Å²) in [7, 11) is -6.90. The van der Waals surface area contributed by atoms with Gasteiger partial charge in [-0.3, -0.25) is 4.18 Å². The number of sulfone groups is 1. The Labute approximate surface area is 129 Å². The van der Waals surface area contributed by atoms with Crippen molar-refractivity contribution >= 4 is 20.0 Å². The Kier molecular flexibility index (Phi) is 8.19. The van der Waals surface area contributed by atoms with E-state index in [1.165, 1.54) is 32.1 Å². The van der Waals surface area contributed by atoms with Crippen molar-refractivity contribution in [2.75, 3.05) is 18.1 Å². The maximum atomic E-state index is 11.8. The van der Waals surface area contributed by atoms with E-state index < -0.39 is 25.2 Å². The van der Waals surface area contributed by atoms with Gasteiger partial charge in [-0.25, -0.2) is 8.42 Å². The highest BCUT2D eigenvalue weighted by Crippen LogP contribution is 2.20. The van der Waals surface area contributed by atoms with E-state index in [0.717, 1.165) is 12.8 Å². The molecule has 0 aromatic rings. The lowest BCUT2D eigenvalue weighted by molar-refractivity contribution is 0.301. The first-order valence-electron chi connectivity index (χ1n) is 7.96. The van der Waals surface area contributed by atoms with Crippen molar-refractivity contribution in [3.63, 3.8) is 0 Å². The van der Waals surface area contributed by atoms with Crippen molar-refractivity contribution in [3.05, 3.63) is 0 Å². The second kappa shape index (κ2) is 9.10. The number of rotatable bonds is 11. The molecule has 1 unspecified atom stereocenters. The Balaban J connectivity index is 2.09. The van der Waals surface area contributed by atoms with Gasteiger partial charge >= 0.3 is 0 Å². The maximum absolute atomic E-state index is 11.8. The maximum Gasteiger partial charge on any atom is 0.271 e. The molecule has 0 aromatic heterocycles. The predicted molar refractivity (Wildman–Crippen MR) is 84.5 cm³/mol. The summed E-state index contributed by atoms with van der Waals surface area (Å²) >= 11 is 0. The molecular formula is C14H28O5S2. The van der Waals surface area contributed by atoms with E-state index in [1.807, 2.05) is 0 Å². The van der Waals surface area contributed by atoms with Gasteiger partial charge in [0.15, 0.2) is 9.84 Å². The molecule has 0 radical (unpaired) electrons. The van der Waals surface area contributed by atoms with Crippen molar-refractivity contribution in [3.8, 4) is 0 Å². The fraction of sp³-hybridized carbons (Fsp3) is 1.00. The van der Waals surface area contributed by atoms with Crippen LogP contribution in [0, 0.1) is 0 Å². The third-order valence-electron chi connectivity index (χ3n) is 3.84. The zero-order valence-electron chi connectivity index (χ0n) is 12.9. The van der Waals surface area contributed by atoms with Crippen molar-refractivity contribution in [1.82, 2.24) is 0 Å². The van der Waals surface area contributed by atoms with Gasteiger partial charge in [0.25, 0.3) is 10.1 Å². The zero-order valence-corrected chi connectivity index (χ0v) is 14.6. The standard InChI is InChI=1S/C14H28O5S2/c1-2-3-4-5-6-7-8-9-11-19-21(17,18)14-10-12-20(15,16)13-14/h14H,2-13H2,1H3. The molecule has 0 bridgehead atoms. The van der Waals surface area contributed by atoms with Gasteiger partial charge in [0.1, 0.15) is 5.25 Å². The molecule has 1 rings (SSSR count). The normalized spacial score (nSPS) is 21.7. The largest absolute Gasteiger partial charge is 0.271 e. The van der Waals surface area contributed by atoms with Crippen LogP contribution in [-0.4, -0.2) is 40.2 Å². The molecule has 0 spiro atoms. The van der Waals surface area contributed by atoms with Gasteiger partial charge in [0, 0.05) is 0 Å². The fourth-order valence-electron chi connectivity index (χ4n) is 2.50. The van der Waals surface area contributed by atoms with Gasteiger partial charge in [-0.15, -0.1) is 0 Å². The van der Waals surface area contributed by atoms with E-state index in [2.05, 4.69) is 6.92 Å². The second-order valence-corrected chi connectivity index (χ2v) is 9.93. The van der Waals surface area contributed by atoms with Crippen LogP contribution in [0.4, 0.5) is 0 Å². The zero-order chi connectivity index (χ0) is 15.8. The first kappa shape index (κ1) is 18.9. The fourth-order valence-corrected chi connectivity index (χ4v) is 6.43. The van der Waals surface area contributed by atoms with Crippen LogP contribution >= 0.6 is 0 Å². The van der Waals surface area contributed by atoms with Crippen LogP contribution in [0.5, 0.6) is 0 Å². The van der Waals surface area contributed by atoms with Crippen LogP contribution in [-0.2, 0) is 24.1 Å². The highest BCUT2D eigenvalue weighted by atomic mass is 32.2. The Morgan fingerprint density at radius 2 is 1.57 bits per heavy atom. The van der Waals surface area contributed by atoms with Gasteiger partial charge in [-0.2, -0.15) is 8.42 Å². The molecule has 0 amide bonds. The Hall–Kier alpha value is -0.140. The quantitative estimate of drug-likeness (QED) is 0.427. The van der Waals surface area contributed by atoms with Gasteiger partial charge in [0.05, 0.1) is 18.1 Å². The van der Waals surface area contributed by atoms with Crippen LogP contribution in [0.25, 0.3) is 0 Å². The number of hydrogen-bond acceptors (Lipinski definition) is 5. The molecule has 0 aromatic carbocycles. The van der Waals surface area contributed by atoms with Gasteiger partial charge in [0.2, 0.25) is 0 Å². The molecule has 1 atom stereocenters. The minimum absolute atomic E-state index is 0.0436. The Bertz CT molecular complexity index is 481. The van der Waals surface area contributed by atoms with Crippen molar-refractivity contribution in [2.24, 2.45) is 0 Å². The highest BCUT2D eigenvalue weighted by Gasteiger charge is 2.37. The molecule has 1 fully saturated rings. The lowest BCUT2D eigenvalue weighted by Gasteiger charge is -2.10. The summed E-state index contributed by atoms with van der Waals surface area (Å²) < 4.78 is 51.2. The van der Waals surface area contributed by atoms with Gasteiger partial charge in [-0.05, 0) is 12.8 Å². The third-order valence-corrected chi connectivity index (χ3v) is 7.54. The molecule has 126 valence electrons. The highest BCUT2D eigenvalue weighted by molar-refractivity contribution is 7.94. The topological polar surface area (TPSA) is 77.5 Å². The average molecular weight is 341 g/mol. The Morgan fingerprint density at radius 3 is 2.10 bits per heavy atom. The molecular weight excluding hydrogens is 312 g/mol. The molecule has 21 heavy (non-hydrogen) atoms. The molecule has 0 saturated carbocycles. The predicted octanol–water partition coefficient (Wildman–Crippen LogP) is 2.66. The summed E-state index contributed by atoms with van der Waals surface area (Å²) in [6, 6.07) is 0. The van der Waals surface area contributed by atoms with Crippen molar-refractivity contribution < 1.29 is 21.0 Å². The summed E-state index contributed by atoms with van der Waals surface area (Å²) in [4.78, 5) is 0. The molecule has 1 saturated heterocycles. The summed E-state index contributed by atoms with van der Waals surface area (Å²) in [5.41, 5.74) is 0. The van der Waals surface area contributed by atoms with E-state index >= 15 is 0 Å². The summed E-state index contributed by atoms with van der Waals surface area (Å²) in [5, 5.41) is -0.864. The van der Waals surface area contributed by atoms with E-state index in [0.29, 0.717) is 6.42 Å². The summed E-state index contributed by atoms with van der Waals surface area (Å²) in [6.45, 7) is 2.36. The third kappa shape index (κ3) is 7.61. The van der Waals surface area contributed by atoms with Crippen LogP contribution < -0.4 is 0 Å². The summed E-state index contributed by atoms with van der Waals surface area (Å²) in [5.74, 6) is -0.329. The van der Waals surface area contributed by atoms with E-state index in [9.17, 15) is 16.8 Å². The number of hydrogen-bond donors (Lipinski definition) is 0. The number of unbranched alkanes of at least 4 members (excludes halogenated alkanes) is 7. The minimum Gasteiger partial charge on any atom is -0.270 e. The smallest absolute Gasteiger partial charge is 0.270 e. The molecule has 0 aliphatic carbocycles. The van der Waals surface area contributed by atoms with Crippen molar-refractivity contribution in [1.29, 1.82) is 0 Å². The first-order valence-corrected chi connectivity index (χ1v) is 11.3. The monoisotopic (exact) mass is 340 g/mol. The lowest BCUT2D eigenvalue weighted by Crippen LogP contribution is -2.25. The van der Waals surface area contributed by atoms with E-state index in [4.69, 9.17) is 4.18 Å². The average Bonchev–Trinajstić information content (AvgIpc) is 2.78. The van der Waals surface area contributed by atoms with Crippen LogP contribution in [0.2, 0.25) is 0 Å². The molecule has 5 nitrogen and oxygen atoms in total. The molecule has 0 N–H and O–H groups in total. The van der Waals surface area contributed by atoms with Crippen molar-refractivity contribution in [2.45, 2.75) is 70.0 Å². The molecule has 1 heterocycles. The second-order valence-electron chi connectivity index (χ2n) is 5.81. The summed E-state index contributed by atoms with van der Waals surface area (Å²) in [6.07, 6.45) is 9.18. The van der Waals surface area contributed by atoms with Crippen LogP contribution in [0.15, 0.2) is 0 Å². The van der Waals surface area contributed by atoms with Crippen LogP contribution in [0.3, 0.4) is 0 Å². The van der Waals surface area contributed by atoms with Gasteiger partial charge < -0.3 is 0 Å². The Morgan fingerprint density at radius 1 is 1.00 bits per heavy atom. The lowest BCUT2D eigenvalue weighted by atomic mass is 10.1. The first-order chi connectivity index (χ1) is 9.87. The van der Waals surface area contributed by atoms with E-state index in [1.54, 1.807) is 0 Å². The minimum atomic E-state index is -3.71. The SMILES string of the molecule is CCCCCCCCCCOS(=O)(=O)C1CCS(=O)(=O)C1. The molecule has 7 heteroatoms.